The van der Waals surface area contributed by atoms with Crippen LogP contribution in [0, 0.1) is 12.7 Å². The molecule has 1 atom stereocenters. The Kier molecular flexibility index (Phi) is 4.05. The van der Waals surface area contributed by atoms with Gasteiger partial charge < -0.3 is 5.32 Å². The minimum Gasteiger partial charge on any atom is -0.306 e. The number of pyridine rings is 1. The molecule has 94 valence electrons. The van der Waals surface area contributed by atoms with E-state index in [4.69, 9.17) is 0 Å². The van der Waals surface area contributed by atoms with E-state index in [2.05, 4.69) is 10.3 Å². The topological polar surface area (TPSA) is 24.9 Å². The van der Waals surface area contributed by atoms with Gasteiger partial charge in [0.2, 0.25) is 0 Å². The minimum absolute atomic E-state index is 0.127. The smallest absolute Gasteiger partial charge is 0.128 e. The van der Waals surface area contributed by atoms with E-state index < -0.39 is 0 Å². The van der Waals surface area contributed by atoms with E-state index >= 15 is 0 Å². The zero-order chi connectivity index (χ0) is 13.0. The largest absolute Gasteiger partial charge is 0.306 e. The van der Waals surface area contributed by atoms with E-state index in [9.17, 15) is 4.39 Å². The van der Waals surface area contributed by atoms with Gasteiger partial charge in [0.1, 0.15) is 5.82 Å². The van der Waals surface area contributed by atoms with Crippen molar-refractivity contribution in [1.82, 2.24) is 10.3 Å². The molecule has 3 heteroatoms. The van der Waals surface area contributed by atoms with Crippen molar-refractivity contribution < 1.29 is 4.39 Å². The third-order valence-electron chi connectivity index (χ3n) is 2.88. The first kappa shape index (κ1) is 12.7. The maximum atomic E-state index is 13.9. The lowest BCUT2D eigenvalue weighted by atomic mass is 9.98. The van der Waals surface area contributed by atoms with Crippen LogP contribution in [-0.2, 0) is 0 Å². The van der Waals surface area contributed by atoms with Gasteiger partial charge in [-0.05, 0) is 37.2 Å². The Morgan fingerprint density at radius 3 is 2.72 bits per heavy atom. The van der Waals surface area contributed by atoms with E-state index in [0.29, 0.717) is 5.56 Å². The second kappa shape index (κ2) is 5.74. The second-order valence-electron chi connectivity index (χ2n) is 4.24. The molecule has 0 aliphatic carbocycles. The van der Waals surface area contributed by atoms with Crippen molar-refractivity contribution >= 4 is 0 Å². The quantitative estimate of drug-likeness (QED) is 0.893. The van der Waals surface area contributed by atoms with Crippen LogP contribution < -0.4 is 5.32 Å². The minimum atomic E-state index is -0.182. The fourth-order valence-corrected chi connectivity index (χ4v) is 2.07. The highest BCUT2D eigenvalue weighted by Crippen LogP contribution is 2.24. The van der Waals surface area contributed by atoms with Gasteiger partial charge in [-0.2, -0.15) is 0 Å². The first-order chi connectivity index (χ1) is 8.72. The molecule has 0 aliphatic rings. The van der Waals surface area contributed by atoms with Crippen LogP contribution in [0.25, 0.3) is 0 Å². The van der Waals surface area contributed by atoms with Crippen LogP contribution in [0.4, 0.5) is 4.39 Å². The summed E-state index contributed by atoms with van der Waals surface area (Å²) < 4.78 is 13.9. The molecule has 1 heterocycles. The lowest BCUT2D eigenvalue weighted by Gasteiger charge is -2.19. The second-order valence-corrected chi connectivity index (χ2v) is 4.24. The van der Waals surface area contributed by atoms with Crippen LogP contribution in [0.5, 0.6) is 0 Å². The van der Waals surface area contributed by atoms with Crippen molar-refractivity contribution in [3.8, 4) is 0 Å². The molecule has 2 rings (SSSR count). The fourth-order valence-electron chi connectivity index (χ4n) is 2.07. The first-order valence-corrected chi connectivity index (χ1v) is 6.12. The summed E-state index contributed by atoms with van der Waals surface area (Å²) in [6.45, 7) is 4.73. The fraction of sp³-hybridized carbons (Fsp3) is 0.267. The zero-order valence-electron chi connectivity index (χ0n) is 10.7. The van der Waals surface area contributed by atoms with Gasteiger partial charge in [0.15, 0.2) is 0 Å². The monoisotopic (exact) mass is 244 g/mol. The Morgan fingerprint density at radius 2 is 2.06 bits per heavy atom. The van der Waals surface area contributed by atoms with E-state index in [0.717, 1.165) is 17.8 Å². The molecule has 2 nitrogen and oxygen atoms in total. The molecule has 1 unspecified atom stereocenters. The van der Waals surface area contributed by atoms with Crippen LogP contribution in [0.3, 0.4) is 0 Å². The number of nitrogens with zero attached hydrogens (tertiary/aromatic N) is 1. The molecule has 0 amide bonds. The average molecular weight is 244 g/mol. The number of benzene rings is 1. The predicted molar refractivity (Wildman–Crippen MR) is 70.9 cm³/mol. The highest BCUT2D eigenvalue weighted by atomic mass is 19.1. The standard InChI is InChI=1S/C15H17FN2/c1-3-17-15(12-8-9-18-11(2)10-12)13-6-4-5-7-14(13)16/h4-10,15,17H,3H2,1-2H3. The molecule has 0 bridgehead atoms. The van der Waals surface area contributed by atoms with E-state index in [1.165, 1.54) is 6.07 Å². The molecule has 0 saturated carbocycles. The number of nitrogens with one attached hydrogen (secondary N) is 1. The predicted octanol–water partition coefficient (Wildman–Crippen LogP) is 3.23. The van der Waals surface area contributed by atoms with Gasteiger partial charge in [0.05, 0.1) is 6.04 Å². The molecule has 0 saturated heterocycles. The zero-order valence-corrected chi connectivity index (χ0v) is 10.7. The number of hydrogen-bond acceptors (Lipinski definition) is 2. The summed E-state index contributed by atoms with van der Waals surface area (Å²) in [7, 11) is 0. The summed E-state index contributed by atoms with van der Waals surface area (Å²) in [5.74, 6) is -0.182. The molecule has 0 radical (unpaired) electrons. The highest BCUT2D eigenvalue weighted by Gasteiger charge is 2.16. The molecule has 1 N–H and O–H groups in total. The number of halogens is 1. The summed E-state index contributed by atoms with van der Waals surface area (Å²) in [6.07, 6.45) is 1.76. The lowest BCUT2D eigenvalue weighted by molar-refractivity contribution is 0.558. The summed E-state index contributed by atoms with van der Waals surface area (Å²) in [5.41, 5.74) is 2.64. The number of rotatable bonds is 4. The number of aryl methyl sites for hydroxylation is 1. The Hall–Kier alpha value is -1.74. The summed E-state index contributed by atoms with van der Waals surface area (Å²) >= 11 is 0. The average Bonchev–Trinajstić information content (AvgIpc) is 2.37. The van der Waals surface area contributed by atoms with Gasteiger partial charge in [0, 0.05) is 17.5 Å². The van der Waals surface area contributed by atoms with Crippen molar-refractivity contribution in [3.05, 3.63) is 65.2 Å². The number of hydrogen-bond donors (Lipinski definition) is 1. The van der Waals surface area contributed by atoms with Crippen molar-refractivity contribution in [2.45, 2.75) is 19.9 Å². The van der Waals surface area contributed by atoms with Crippen molar-refractivity contribution in [2.24, 2.45) is 0 Å². The van der Waals surface area contributed by atoms with E-state index in [1.807, 2.05) is 38.1 Å². The van der Waals surface area contributed by atoms with Gasteiger partial charge in [0.25, 0.3) is 0 Å². The maximum absolute atomic E-state index is 13.9. The number of aromatic nitrogens is 1. The van der Waals surface area contributed by atoms with Crippen LogP contribution in [0.1, 0.15) is 29.8 Å². The van der Waals surface area contributed by atoms with Crippen molar-refractivity contribution in [2.75, 3.05) is 6.54 Å². The third-order valence-corrected chi connectivity index (χ3v) is 2.88. The Bertz CT molecular complexity index is 525. The van der Waals surface area contributed by atoms with Crippen LogP contribution >= 0.6 is 0 Å². The van der Waals surface area contributed by atoms with E-state index in [1.54, 1.807) is 12.3 Å². The van der Waals surface area contributed by atoms with Gasteiger partial charge in [-0.15, -0.1) is 0 Å². The molecule has 0 spiro atoms. The molecule has 18 heavy (non-hydrogen) atoms. The SMILES string of the molecule is CCNC(c1ccnc(C)c1)c1ccccc1F. The van der Waals surface area contributed by atoms with Crippen LogP contribution in [0.2, 0.25) is 0 Å². The molecule has 0 fully saturated rings. The molecule has 2 aromatic rings. The summed E-state index contributed by atoms with van der Waals surface area (Å²) in [6, 6.07) is 10.7. The van der Waals surface area contributed by atoms with Crippen molar-refractivity contribution in [1.29, 1.82) is 0 Å². The van der Waals surface area contributed by atoms with Crippen LogP contribution in [-0.4, -0.2) is 11.5 Å². The lowest BCUT2D eigenvalue weighted by Crippen LogP contribution is -2.23. The van der Waals surface area contributed by atoms with Crippen LogP contribution in [0.15, 0.2) is 42.6 Å². The third kappa shape index (κ3) is 2.74. The maximum Gasteiger partial charge on any atom is 0.128 e. The molecule has 1 aromatic heterocycles. The molecular formula is C15H17FN2. The Balaban J connectivity index is 2.43. The summed E-state index contributed by atoms with van der Waals surface area (Å²) in [5, 5.41) is 3.32. The van der Waals surface area contributed by atoms with Gasteiger partial charge >= 0.3 is 0 Å². The normalized spacial score (nSPS) is 12.4. The van der Waals surface area contributed by atoms with Gasteiger partial charge in [-0.25, -0.2) is 4.39 Å². The Morgan fingerprint density at radius 1 is 1.28 bits per heavy atom. The van der Waals surface area contributed by atoms with Crippen molar-refractivity contribution in [3.63, 3.8) is 0 Å². The first-order valence-electron chi connectivity index (χ1n) is 6.12. The Labute approximate surface area is 107 Å². The van der Waals surface area contributed by atoms with E-state index in [-0.39, 0.29) is 11.9 Å². The molecule has 1 aromatic carbocycles. The van der Waals surface area contributed by atoms with Gasteiger partial charge in [-0.1, -0.05) is 25.1 Å². The molecule has 0 aliphatic heterocycles. The summed E-state index contributed by atoms with van der Waals surface area (Å²) in [4.78, 5) is 4.18. The highest BCUT2D eigenvalue weighted by molar-refractivity contribution is 5.32. The van der Waals surface area contributed by atoms with Gasteiger partial charge in [-0.3, -0.25) is 4.98 Å². The molecular weight excluding hydrogens is 227 g/mol.